The van der Waals surface area contributed by atoms with Crippen molar-refractivity contribution in [2.45, 2.75) is 40.2 Å². The van der Waals surface area contributed by atoms with Crippen molar-refractivity contribution >= 4 is 22.5 Å². The SMILES string of the molecule is CC(C)Cc1cc(OC(C)C)c2ccc(OCCN3CCOCC3)c(Cl)c2n1. The number of halogens is 1. The summed E-state index contributed by atoms with van der Waals surface area (Å²) in [4.78, 5) is 7.16. The summed E-state index contributed by atoms with van der Waals surface area (Å²) in [6.07, 6.45) is 0.962. The van der Waals surface area contributed by atoms with Crippen molar-refractivity contribution in [3.63, 3.8) is 0 Å². The Morgan fingerprint density at radius 1 is 1.14 bits per heavy atom. The van der Waals surface area contributed by atoms with E-state index in [1.807, 2.05) is 32.0 Å². The Morgan fingerprint density at radius 3 is 2.57 bits per heavy atom. The fourth-order valence-electron chi connectivity index (χ4n) is 3.35. The first-order valence-electron chi connectivity index (χ1n) is 10.2. The van der Waals surface area contributed by atoms with Gasteiger partial charge in [-0.1, -0.05) is 25.4 Å². The van der Waals surface area contributed by atoms with E-state index in [0.717, 1.165) is 61.6 Å². The van der Waals surface area contributed by atoms with E-state index in [-0.39, 0.29) is 6.10 Å². The van der Waals surface area contributed by atoms with Gasteiger partial charge in [0.25, 0.3) is 0 Å². The highest BCUT2D eigenvalue weighted by Gasteiger charge is 2.16. The molecule has 0 atom stereocenters. The summed E-state index contributed by atoms with van der Waals surface area (Å²) in [5.41, 5.74) is 1.74. The van der Waals surface area contributed by atoms with Gasteiger partial charge in [0.1, 0.15) is 23.1 Å². The van der Waals surface area contributed by atoms with Gasteiger partial charge in [0.15, 0.2) is 0 Å². The summed E-state index contributed by atoms with van der Waals surface area (Å²) >= 11 is 6.70. The van der Waals surface area contributed by atoms with Gasteiger partial charge in [-0.05, 0) is 38.3 Å². The molecule has 0 bridgehead atoms. The summed E-state index contributed by atoms with van der Waals surface area (Å²) in [5, 5.41) is 1.48. The average Bonchev–Trinajstić information content (AvgIpc) is 2.64. The first-order valence-corrected chi connectivity index (χ1v) is 10.5. The van der Waals surface area contributed by atoms with Crippen LogP contribution in [0, 0.1) is 5.92 Å². The van der Waals surface area contributed by atoms with Gasteiger partial charge in [-0.2, -0.15) is 0 Å². The molecular weight excluding hydrogens is 376 g/mol. The zero-order valence-corrected chi connectivity index (χ0v) is 18.1. The minimum absolute atomic E-state index is 0.0840. The molecule has 1 aliphatic heterocycles. The lowest BCUT2D eigenvalue weighted by atomic mass is 10.1. The van der Waals surface area contributed by atoms with Gasteiger partial charge in [-0.3, -0.25) is 9.88 Å². The molecule has 1 aromatic carbocycles. The zero-order valence-electron chi connectivity index (χ0n) is 17.3. The number of fused-ring (bicyclic) bond motifs is 1. The molecule has 0 saturated carbocycles. The Balaban J connectivity index is 1.83. The maximum absolute atomic E-state index is 6.70. The summed E-state index contributed by atoms with van der Waals surface area (Å²) in [5.74, 6) is 2.01. The highest BCUT2D eigenvalue weighted by Crippen LogP contribution is 2.37. The van der Waals surface area contributed by atoms with E-state index in [0.29, 0.717) is 23.3 Å². The summed E-state index contributed by atoms with van der Waals surface area (Å²) in [6.45, 7) is 13.3. The molecular formula is C22H31ClN2O3. The van der Waals surface area contributed by atoms with Gasteiger partial charge in [-0.25, -0.2) is 0 Å². The second kappa shape index (κ2) is 9.77. The molecule has 1 fully saturated rings. The first kappa shape index (κ1) is 21.2. The molecule has 5 nitrogen and oxygen atoms in total. The van der Waals surface area contributed by atoms with Crippen LogP contribution >= 0.6 is 11.6 Å². The number of aromatic nitrogens is 1. The highest BCUT2D eigenvalue weighted by atomic mass is 35.5. The maximum atomic E-state index is 6.70. The van der Waals surface area contributed by atoms with Crippen LogP contribution in [0.2, 0.25) is 5.02 Å². The molecule has 0 aliphatic carbocycles. The van der Waals surface area contributed by atoms with Crippen molar-refractivity contribution in [3.8, 4) is 11.5 Å². The zero-order chi connectivity index (χ0) is 20.1. The maximum Gasteiger partial charge on any atom is 0.140 e. The number of hydrogen-bond acceptors (Lipinski definition) is 5. The van der Waals surface area contributed by atoms with Crippen molar-refractivity contribution in [3.05, 3.63) is 28.9 Å². The Morgan fingerprint density at radius 2 is 1.89 bits per heavy atom. The Hall–Kier alpha value is -1.56. The minimum Gasteiger partial charge on any atom is -0.491 e. The van der Waals surface area contributed by atoms with Crippen LogP contribution in [0.1, 0.15) is 33.4 Å². The summed E-state index contributed by atoms with van der Waals surface area (Å²) in [6, 6.07) is 5.95. The predicted molar refractivity (Wildman–Crippen MR) is 114 cm³/mol. The van der Waals surface area contributed by atoms with Gasteiger partial charge in [0, 0.05) is 36.8 Å². The number of morpholine rings is 1. The smallest absolute Gasteiger partial charge is 0.140 e. The van der Waals surface area contributed by atoms with Gasteiger partial charge in [-0.15, -0.1) is 0 Å². The molecule has 0 spiro atoms. The second-order valence-corrected chi connectivity index (χ2v) is 8.33. The molecule has 0 unspecified atom stereocenters. The van der Waals surface area contributed by atoms with Crippen LogP contribution in [-0.4, -0.2) is 55.4 Å². The second-order valence-electron chi connectivity index (χ2n) is 7.95. The Bertz CT molecular complexity index is 789. The average molecular weight is 407 g/mol. The molecule has 0 N–H and O–H groups in total. The number of rotatable bonds is 8. The Kier molecular flexibility index (Phi) is 7.38. The van der Waals surface area contributed by atoms with Crippen molar-refractivity contribution in [1.82, 2.24) is 9.88 Å². The van der Waals surface area contributed by atoms with E-state index in [1.54, 1.807) is 0 Å². The molecule has 1 aliphatic rings. The third-order valence-electron chi connectivity index (χ3n) is 4.65. The van der Waals surface area contributed by atoms with Gasteiger partial charge < -0.3 is 14.2 Å². The van der Waals surface area contributed by atoms with E-state index >= 15 is 0 Å². The van der Waals surface area contributed by atoms with E-state index in [1.165, 1.54) is 0 Å². The first-order chi connectivity index (χ1) is 13.4. The molecule has 3 rings (SSSR count). The van der Waals surface area contributed by atoms with E-state index < -0.39 is 0 Å². The largest absolute Gasteiger partial charge is 0.491 e. The monoisotopic (exact) mass is 406 g/mol. The molecule has 28 heavy (non-hydrogen) atoms. The number of ether oxygens (including phenoxy) is 3. The third-order valence-corrected chi connectivity index (χ3v) is 5.01. The summed E-state index contributed by atoms with van der Waals surface area (Å²) < 4.78 is 17.4. The van der Waals surface area contributed by atoms with Crippen LogP contribution in [0.15, 0.2) is 18.2 Å². The number of nitrogens with zero attached hydrogens (tertiary/aromatic N) is 2. The van der Waals surface area contributed by atoms with Crippen molar-refractivity contribution < 1.29 is 14.2 Å². The van der Waals surface area contributed by atoms with Crippen molar-refractivity contribution in [1.29, 1.82) is 0 Å². The number of benzene rings is 1. The summed E-state index contributed by atoms with van der Waals surface area (Å²) in [7, 11) is 0. The van der Waals surface area contributed by atoms with Gasteiger partial charge >= 0.3 is 0 Å². The molecule has 6 heteroatoms. The highest BCUT2D eigenvalue weighted by molar-refractivity contribution is 6.36. The molecule has 1 aromatic heterocycles. The topological polar surface area (TPSA) is 43.8 Å². The fourth-order valence-corrected chi connectivity index (χ4v) is 3.62. The van der Waals surface area contributed by atoms with Gasteiger partial charge in [0.2, 0.25) is 0 Å². The van der Waals surface area contributed by atoms with Gasteiger partial charge in [0.05, 0.1) is 24.8 Å². The van der Waals surface area contributed by atoms with E-state index in [9.17, 15) is 0 Å². The van der Waals surface area contributed by atoms with Crippen LogP contribution in [0.25, 0.3) is 10.9 Å². The quantitative estimate of drug-likeness (QED) is 0.641. The van der Waals surface area contributed by atoms with Crippen molar-refractivity contribution in [2.75, 3.05) is 39.5 Å². The molecule has 154 valence electrons. The lowest BCUT2D eigenvalue weighted by Crippen LogP contribution is -2.38. The fraction of sp³-hybridized carbons (Fsp3) is 0.591. The van der Waals surface area contributed by atoms with Crippen LogP contribution in [0.3, 0.4) is 0 Å². The predicted octanol–water partition coefficient (Wildman–Crippen LogP) is 4.58. The lowest BCUT2D eigenvalue weighted by molar-refractivity contribution is 0.0322. The van der Waals surface area contributed by atoms with E-state index in [4.69, 9.17) is 30.8 Å². The molecule has 2 aromatic rings. The minimum atomic E-state index is 0.0840. The van der Waals surface area contributed by atoms with Crippen LogP contribution in [0.5, 0.6) is 11.5 Å². The number of pyridine rings is 1. The van der Waals surface area contributed by atoms with E-state index in [2.05, 4.69) is 18.7 Å². The molecule has 0 amide bonds. The molecule has 0 radical (unpaired) electrons. The van der Waals surface area contributed by atoms with Crippen LogP contribution < -0.4 is 9.47 Å². The van der Waals surface area contributed by atoms with Crippen LogP contribution in [0.4, 0.5) is 0 Å². The third kappa shape index (κ3) is 5.49. The molecule has 1 saturated heterocycles. The van der Waals surface area contributed by atoms with Crippen molar-refractivity contribution in [2.24, 2.45) is 5.92 Å². The number of hydrogen-bond donors (Lipinski definition) is 0. The molecule has 2 heterocycles. The lowest BCUT2D eigenvalue weighted by Gasteiger charge is -2.26. The standard InChI is InChI=1S/C22H31ClN2O3/c1-15(2)13-17-14-20(28-16(3)4)18-5-6-19(21(23)22(18)24-17)27-12-9-25-7-10-26-11-8-25/h5-6,14-16H,7-13H2,1-4H3. The normalized spacial score (nSPS) is 15.5. The Labute approximate surface area is 172 Å². The van der Waals surface area contributed by atoms with Crippen LogP contribution in [-0.2, 0) is 11.2 Å².